The Balaban J connectivity index is 1.70. The van der Waals surface area contributed by atoms with Crippen molar-refractivity contribution >= 4 is 17.3 Å². The van der Waals surface area contributed by atoms with Crippen LogP contribution in [-0.2, 0) is 4.79 Å². The van der Waals surface area contributed by atoms with Gasteiger partial charge in [-0.3, -0.25) is 4.79 Å². The number of carbonyl (C=O) groups excluding carboxylic acids is 1. The van der Waals surface area contributed by atoms with E-state index in [4.69, 9.17) is 0 Å². The molecule has 0 spiro atoms. The summed E-state index contributed by atoms with van der Waals surface area (Å²) < 4.78 is 0. The second-order valence-electron chi connectivity index (χ2n) is 6.88. The van der Waals surface area contributed by atoms with Crippen molar-refractivity contribution < 1.29 is 4.79 Å². The lowest BCUT2D eigenvalue weighted by Gasteiger charge is -2.38. The number of carbonyl (C=O) groups is 1. The Morgan fingerprint density at radius 1 is 1.22 bits per heavy atom. The zero-order chi connectivity index (χ0) is 16.2. The summed E-state index contributed by atoms with van der Waals surface area (Å²) in [5.74, 6) is 1.45. The van der Waals surface area contributed by atoms with Gasteiger partial charge in [0.2, 0.25) is 5.91 Å². The van der Waals surface area contributed by atoms with Crippen LogP contribution in [0.4, 0.5) is 11.4 Å². The quantitative estimate of drug-likeness (QED) is 0.928. The number of piperidine rings is 1. The van der Waals surface area contributed by atoms with E-state index in [1.807, 2.05) is 11.0 Å². The number of fused-ring (bicyclic) bond motifs is 1. The van der Waals surface area contributed by atoms with Crippen LogP contribution in [0, 0.1) is 11.8 Å². The molecule has 1 amide bonds. The highest BCUT2D eigenvalue weighted by molar-refractivity contribution is 5.98. The molecule has 1 atom stereocenters. The number of anilines is 2. The molecule has 4 nitrogen and oxygen atoms in total. The fourth-order valence-electron chi connectivity index (χ4n) is 3.97. The van der Waals surface area contributed by atoms with Crippen molar-refractivity contribution in [1.82, 2.24) is 5.32 Å². The normalized spacial score (nSPS) is 20.3. The molecule has 0 radical (unpaired) electrons. The topological polar surface area (TPSA) is 35.6 Å². The molecule has 1 aromatic rings. The lowest BCUT2D eigenvalue weighted by Crippen LogP contribution is -2.45. The number of likely N-dealkylation sites (N-methyl/N-ethyl adjacent to an activating group) is 1. The first kappa shape index (κ1) is 16.3. The molecule has 2 aliphatic rings. The Labute approximate surface area is 139 Å². The number of benzene rings is 1. The van der Waals surface area contributed by atoms with E-state index in [1.54, 1.807) is 0 Å². The highest BCUT2D eigenvalue weighted by atomic mass is 16.2. The van der Waals surface area contributed by atoms with Crippen LogP contribution in [0.25, 0.3) is 0 Å². The van der Waals surface area contributed by atoms with Gasteiger partial charge in [-0.05, 0) is 56.8 Å². The number of para-hydroxylation sites is 2. The van der Waals surface area contributed by atoms with E-state index in [0.29, 0.717) is 24.2 Å². The lowest BCUT2D eigenvalue weighted by atomic mass is 9.84. The van der Waals surface area contributed by atoms with Gasteiger partial charge in [0.15, 0.2) is 0 Å². The van der Waals surface area contributed by atoms with Crippen LogP contribution < -0.4 is 15.1 Å². The monoisotopic (exact) mass is 315 g/mol. The molecule has 1 fully saturated rings. The summed E-state index contributed by atoms with van der Waals surface area (Å²) in [7, 11) is 0. The van der Waals surface area contributed by atoms with E-state index >= 15 is 0 Å². The summed E-state index contributed by atoms with van der Waals surface area (Å²) in [6.07, 6.45) is 3.08. The molecule has 23 heavy (non-hydrogen) atoms. The van der Waals surface area contributed by atoms with E-state index in [0.717, 1.165) is 38.4 Å². The number of rotatable bonds is 4. The van der Waals surface area contributed by atoms with Crippen LogP contribution in [0.2, 0.25) is 0 Å². The average Bonchev–Trinajstić information content (AvgIpc) is 2.61. The Bertz CT molecular complexity index is 539. The molecule has 1 saturated heterocycles. The van der Waals surface area contributed by atoms with E-state index in [-0.39, 0.29) is 0 Å². The Hall–Kier alpha value is -1.55. The predicted octanol–water partition coefficient (Wildman–Crippen LogP) is 2.89. The Morgan fingerprint density at radius 2 is 1.91 bits per heavy atom. The smallest absolute Gasteiger partial charge is 0.227 e. The molecule has 1 aromatic carbocycles. The minimum Gasteiger partial charge on any atom is -0.368 e. The van der Waals surface area contributed by atoms with E-state index in [9.17, 15) is 4.79 Å². The van der Waals surface area contributed by atoms with Gasteiger partial charge in [0.25, 0.3) is 0 Å². The van der Waals surface area contributed by atoms with Crippen molar-refractivity contribution in [3.8, 4) is 0 Å². The van der Waals surface area contributed by atoms with Crippen LogP contribution in [0.1, 0.15) is 33.1 Å². The number of hydrogen-bond donors (Lipinski definition) is 1. The second-order valence-corrected chi connectivity index (χ2v) is 6.88. The summed E-state index contributed by atoms with van der Waals surface area (Å²) in [5.41, 5.74) is 2.28. The number of hydrogen-bond acceptors (Lipinski definition) is 3. The van der Waals surface area contributed by atoms with Crippen molar-refractivity contribution in [3.63, 3.8) is 0 Å². The summed E-state index contributed by atoms with van der Waals surface area (Å²) in [6.45, 7) is 9.35. The molecule has 4 heteroatoms. The molecule has 0 aliphatic carbocycles. The fourth-order valence-corrected chi connectivity index (χ4v) is 3.97. The molecular formula is C19H29N3O. The first-order chi connectivity index (χ1) is 11.2. The molecule has 0 bridgehead atoms. The van der Waals surface area contributed by atoms with Gasteiger partial charge in [0.1, 0.15) is 0 Å². The molecule has 3 rings (SSSR count). The lowest BCUT2D eigenvalue weighted by molar-refractivity contribution is -0.119. The van der Waals surface area contributed by atoms with Crippen LogP contribution in [0.5, 0.6) is 0 Å². The average molecular weight is 315 g/mol. The molecule has 0 saturated carbocycles. The number of amides is 1. The van der Waals surface area contributed by atoms with E-state index < -0.39 is 0 Å². The van der Waals surface area contributed by atoms with Crippen LogP contribution in [-0.4, -0.2) is 38.6 Å². The molecule has 126 valence electrons. The third-order valence-corrected chi connectivity index (χ3v) is 5.47. The number of nitrogens with zero attached hydrogens (tertiary/aromatic N) is 2. The highest BCUT2D eigenvalue weighted by Gasteiger charge is 2.28. The molecular weight excluding hydrogens is 286 g/mol. The van der Waals surface area contributed by atoms with Gasteiger partial charge in [-0.1, -0.05) is 19.1 Å². The van der Waals surface area contributed by atoms with Crippen molar-refractivity contribution in [2.75, 3.05) is 42.5 Å². The zero-order valence-corrected chi connectivity index (χ0v) is 14.4. The molecule has 1 N–H and O–H groups in total. The van der Waals surface area contributed by atoms with Gasteiger partial charge in [-0.15, -0.1) is 0 Å². The maximum absolute atomic E-state index is 12.9. The standard InChI is InChI=1S/C19H29N3O/c1-3-21-12-13-22(18-7-5-4-6-17(18)21)19(23)14-15(2)16-8-10-20-11-9-16/h4-7,15-16,20H,3,8-14H2,1-2H3. The minimum absolute atomic E-state index is 0.291. The molecule has 2 aliphatic heterocycles. The SMILES string of the molecule is CCN1CCN(C(=O)CC(C)C2CCNCC2)c2ccccc21. The van der Waals surface area contributed by atoms with Crippen molar-refractivity contribution in [1.29, 1.82) is 0 Å². The second kappa shape index (κ2) is 7.35. The highest BCUT2D eigenvalue weighted by Crippen LogP contribution is 2.34. The van der Waals surface area contributed by atoms with Crippen LogP contribution >= 0.6 is 0 Å². The van der Waals surface area contributed by atoms with Crippen molar-refractivity contribution in [3.05, 3.63) is 24.3 Å². The van der Waals surface area contributed by atoms with Crippen molar-refractivity contribution in [2.45, 2.75) is 33.1 Å². The maximum Gasteiger partial charge on any atom is 0.227 e. The van der Waals surface area contributed by atoms with Gasteiger partial charge < -0.3 is 15.1 Å². The van der Waals surface area contributed by atoms with E-state index in [2.05, 4.69) is 42.3 Å². The largest absolute Gasteiger partial charge is 0.368 e. The zero-order valence-electron chi connectivity index (χ0n) is 14.4. The van der Waals surface area contributed by atoms with Gasteiger partial charge in [-0.2, -0.15) is 0 Å². The predicted molar refractivity (Wildman–Crippen MR) is 96.1 cm³/mol. The molecule has 2 heterocycles. The Kier molecular flexibility index (Phi) is 5.21. The third-order valence-electron chi connectivity index (χ3n) is 5.47. The summed E-state index contributed by atoms with van der Waals surface area (Å²) in [4.78, 5) is 17.3. The molecule has 0 aromatic heterocycles. The molecule has 1 unspecified atom stereocenters. The maximum atomic E-state index is 12.9. The van der Waals surface area contributed by atoms with Crippen LogP contribution in [0.3, 0.4) is 0 Å². The van der Waals surface area contributed by atoms with Gasteiger partial charge in [-0.25, -0.2) is 0 Å². The fraction of sp³-hybridized carbons (Fsp3) is 0.632. The first-order valence-corrected chi connectivity index (χ1v) is 9.05. The minimum atomic E-state index is 0.291. The van der Waals surface area contributed by atoms with Crippen LogP contribution in [0.15, 0.2) is 24.3 Å². The van der Waals surface area contributed by atoms with Gasteiger partial charge in [0, 0.05) is 26.1 Å². The van der Waals surface area contributed by atoms with Gasteiger partial charge >= 0.3 is 0 Å². The summed E-state index contributed by atoms with van der Waals surface area (Å²) in [6, 6.07) is 8.32. The Morgan fingerprint density at radius 3 is 2.61 bits per heavy atom. The van der Waals surface area contributed by atoms with E-state index in [1.165, 1.54) is 18.5 Å². The number of nitrogens with one attached hydrogen (secondary N) is 1. The summed E-state index contributed by atoms with van der Waals surface area (Å²) in [5, 5.41) is 3.41. The summed E-state index contributed by atoms with van der Waals surface area (Å²) >= 11 is 0. The van der Waals surface area contributed by atoms with Crippen molar-refractivity contribution in [2.24, 2.45) is 11.8 Å². The third kappa shape index (κ3) is 3.52. The van der Waals surface area contributed by atoms with Gasteiger partial charge in [0.05, 0.1) is 11.4 Å². The first-order valence-electron chi connectivity index (χ1n) is 9.05.